The lowest BCUT2D eigenvalue weighted by atomic mass is 9.98. The Morgan fingerprint density at radius 2 is 1.74 bits per heavy atom. The van der Waals surface area contributed by atoms with Crippen molar-refractivity contribution in [2.45, 2.75) is 13.8 Å². The summed E-state index contributed by atoms with van der Waals surface area (Å²) in [5.74, 6) is 0.649. The molecule has 0 saturated carbocycles. The molecular weight excluding hydrogens is 340 g/mol. The first-order valence-corrected chi connectivity index (χ1v) is 9.32. The predicted octanol–water partition coefficient (Wildman–Crippen LogP) is 3.67. The molecule has 2 rings (SSSR count). The number of pyridine rings is 1. The molecule has 1 unspecified atom stereocenters. The zero-order valence-electron chi connectivity index (χ0n) is 16.4. The van der Waals surface area contributed by atoms with Gasteiger partial charge in [-0.2, -0.15) is 0 Å². The van der Waals surface area contributed by atoms with Crippen LogP contribution in [0.15, 0.2) is 42.6 Å². The maximum absolute atomic E-state index is 9.33. The van der Waals surface area contributed by atoms with Crippen LogP contribution >= 0.6 is 0 Å². The van der Waals surface area contributed by atoms with Crippen LogP contribution < -0.4 is 4.90 Å². The van der Waals surface area contributed by atoms with Gasteiger partial charge in [-0.15, -0.1) is 0 Å². The molecule has 0 amide bonds. The largest absolute Gasteiger partial charge is 0.493 e. The minimum absolute atomic E-state index is 0.0274. The second-order valence-electron chi connectivity index (χ2n) is 7.06. The highest BCUT2D eigenvalue weighted by atomic mass is 16.5. The maximum Gasteiger partial charge on any atom is 0.210 e. The van der Waals surface area contributed by atoms with Crippen molar-refractivity contribution in [2.75, 3.05) is 38.3 Å². The molecule has 0 saturated heterocycles. The monoisotopic (exact) mass is 370 g/mol. The van der Waals surface area contributed by atoms with E-state index >= 15 is 0 Å². The van der Waals surface area contributed by atoms with Gasteiger partial charge in [0.15, 0.2) is 0 Å². The number of anilines is 1. The quantitative estimate of drug-likeness (QED) is 0.625. The van der Waals surface area contributed by atoms with E-state index in [4.69, 9.17) is 4.74 Å². The summed E-state index contributed by atoms with van der Waals surface area (Å²) in [6.45, 7) is 6.40. The Kier molecular flexibility index (Phi) is 8.30. The van der Waals surface area contributed by atoms with Crippen LogP contribution in [0.2, 0.25) is 0 Å². The lowest BCUT2D eigenvalue weighted by Gasteiger charge is -2.22. The van der Waals surface area contributed by atoms with Gasteiger partial charge in [0, 0.05) is 44.1 Å². The third kappa shape index (κ3) is 7.04. The number of rotatable bonds is 10. The fourth-order valence-corrected chi connectivity index (χ4v) is 2.55. The lowest BCUT2D eigenvalue weighted by molar-refractivity contribution is 0.0574. The standard InChI is InChI=1S/C22H30N2O3/c1-17(2)20(15-25)16-27-13-12-24(3)21-9-6-18(7-10-21)4-5-19-8-11-22(26)23-14-19/h4-11,14,17,20,25H,12-13,15-16H2,1-3H3,(H,23,26)/b5-4+. The zero-order chi connectivity index (χ0) is 19.6. The molecule has 146 valence electrons. The molecule has 0 aliphatic carbocycles. The number of aliphatic hydroxyl groups excluding tert-OH is 1. The van der Waals surface area contributed by atoms with Crippen LogP contribution in [0.3, 0.4) is 0 Å². The highest BCUT2D eigenvalue weighted by Crippen LogP contribution is 2.16. The van der Waals surface area contributed by atoms with Crippen molar-refractivity contribution in [3.8, 4) is 5.88 Å². The van der Waals surface area contributed by atoms with E-state index in [-0.39, 0.29) is 18.4 Å². The molecule has 0 radical (unpaired) electrons. The average molecular weight is 370 g/mol. The highest BCUT2D eigenvalue weighted by molar-refractivity contribution is 5.70. The van der Waals surface area contributed by atoms with Crippen molar-refractivity contribution in [3.63, 3.8) is 0 Å². The summed E-state index contributed by atoms with van der Waals surface area (Å²) in [7, 11) is 2.04. The third-order valence-corrected chi connectivity index (χ3v) is 4.65. The van der Waals surface area contributed by atoms with Gasteiger partial charge in [-0.05, 0) is 35.2 Å². The SMILES string of the molecule is CC(C)C(CO)COCCN(C)c1ccc(/C=C/c2ccc(O)nc2)cc1. The molecule has 0 aliphatic heterocycles. The number of aromatic hydroxyl groups is 1. The third-order valence-electron chi connectivity index (χ3n) is 4.65. The molecule has 2 aromatic rings. The van der Waals surface area contributed by atoms with Crippen molar-refractivity contribution < 1.29 is 14.9 Å². The summed E-state index contributed by atoms with van der Waals surface area (Å²) in [5.41, 5.74) is 3.16. The van der Waals surface area contributed by atoms with Crippen molar-refractivity contribution in [2.24, 2.45) is 11.8 Å². The molecule has 0 bridgehead atoms. The van der Waals surface area contributed by atoms with Gasteiger partial charge in [-0.25, -0.2) is 4.98 Å². The van der Waals surface area contributed by atoms with E-state index in [1.807, 2.05) is 25.3 Å². The normalized spacial score (nSPS) is 12.6. The Bertz CT molecular complexity index is 697. The Balaban J connectivity index is 1.80. The molecular formula is C22H30N2O3. The molecule has 5 heteroatoms. The lowest BCUT2D eigenvalue weighted by Crippen LogP contribution is -2.25. The van der Waals surface area contributed by atoms with E-state index in [2.05, 4.69) is 48.0 Å². The van der Waals surface area contributed by atoms with E-state index in [1.165, 1.54) is 0 Å². The second-order valence-corrected chi connectivity index (χ2v) is 7.06. The molecule has 1 aromatic heterocycles. The van der Waals surface area contributed by atoms with Gasteiger partial charge < -0.3 is 19.8 Å². The molecule has 2 N–H and O–H groups in total. The summed E-state index contributed by atoms with van der Waals surface area (Å²) >= 11 is 0. The molecule has 5 nitrogen and oxygen atoms in total. The first-order valence-electron chi connectivity index (χ1n) is 9.32. The van der Waals surface area contributed by atoms with Crippen LogP contribution in [0, 0.1) is 11.8 Å². The first kappa shape index (κ1) is 20.9. The van der Waals surface area contributed by atoms with Gasteiger partial charge >= 0.3 is 0 Å². The van der Waals surface area contributed by atoms with Gasteiger partial charge in [0.1, 0.15) is 0 Å². The van der Waals surface area contributed by atoms with Gasteiger partial charge in [0.25, 0.3) is 0 Å². The number of likely N-dealkylation sites (N-methyl/N-ethyl adjacent to an activating group) is 1. The Labute approximate surface area is 161 Å². The average Bonchev–Trinajstić information content (AvgIpc) is 2.67. The van der Waals surface area contributed by atoms with Crippen molar-refractivity contribution in [1.82, 2.24) is 4.98 Å². The smallest absolute Gasteiger partial charge is 0.210 e. The van der Waals surface area contributed by atoms with E-state index in [0.29, 0.717) is 19.1 Å². The molecule has 0 aliphatic rings. The minimum atomic E-state index is 0.0274. The van der Waals surface area contributed by atoms with Gasteiger partial charge in [-0.3, -0.25) is 0 Å². The van der Waals surface area contributed by atoms with E-state index in [0.717, 1.165) is 23.4 Å². The topological polar surface area (TPSA) is 65.8 Å². The van der Waals surface area contributed by atoms with Crippen LogP contribution in [0.25, 0.3) is 12.2 Å². The summed E-state index contributed by atoms with van der Waals surface area (Å²) in [6, 6.07) is 11.7. The number of aliphatic hydroxyl groups is 1. The predicted molar refractivity (Wildman–Crippen MR) is 111 cm³/mol. The van der Waals surface area contributed by atoms with E-state index in [1.54, 1.807) is 12.3 Å². The van der Waals surface area contributed by atoms with Crippen molar-refractivity contribution in [1.29, 1.82) is 0 Å². The number of hydrogen-bond acceptors (Lipinski definition) is 5. The molecule has 0 fully saturated rings. The van der Waals surface area contributed by atoms with Crippen LogP contribution in [0.1, 0.15) is 25.0 Å². The van der Waals surface area contributed by atoms with E-state index in [9.17, 15) is 10.2 Å². The number of benzene rings is 1. The molecule has 27 heavy (non-hydrogen) atoms. The number of aromatic nitrogens is 1. The molecule has 0 spiro atoms. The van der Waals surface area contributed by atoms with Crippen LogP contribution in [0.5, 0.6) is 5.88 Å². The summed E-state index contributed by atoms with van der Waals surface area (Å²) in [6.07, 6.45) is 5.61. The molecule has 1 atom stereocenters. The Hall–Kier alpha value is -2.37. The van der Waals surface area contributed by atoms with Crippen LogP contribution in [-0.4, -0.2) is 48.6 Å². The molecule has 1 aromatic carbocycles. The first-order chi connectivity index (χ1) is 13.0. The minimum Gasteiger partial charge on any atom is -0.493 e. The summed E-state index contributed by atoms with van der Waals surface area (Å²) in [4.78, 5) is 6.02. The van der Waals surface area contributed by atoms with Gasteiger partial charge in [-0.1, -0.05) is 38.1 Å². The summed E-state index contributed by atoms with van der Waals surface area (Å²) in [5, 5.41) is 18.5. The maximum atomic E-state index is 9.33. The molecule has 1 heterocycles. The van der Waals surface area contributed by atoms with E-state index < -0.39 is 0 Å². The van der Waals surface area contributed by atoms with Crippen LogP contribution in [0.4, 0.5) is 5.69 Å². The van der Waals surface area contributed by atoms with Gasteiger partial charge in [0.05, 0.1) is 13.2 Å². The number of ether oxygens (including phenoxy) is 1. The number of nitrogens with zero attached hydrogens (tertiary/aromatic N) is 2. The van der Waals surface area contributed by atoms with Gasteiger partial charge in [0.2, 0.25) is 5.88 Å². The fraction of sp³-hybridized carbons (Fsp3) is 0.409. The highest BCUT2D eigenvalue weighted by Gasteiger charge is 2.12. The fourth-order valence-electron chi connectivity index (χ4n) is 2.55. The summed E-state index contributed by atoms with van der Waals surface area (Å²) < 4.78 is 5.72. The second kappa shape index (κ2) is 10.7. The van der Waals surface area contributed by atoms with Crippen molar-refractivity contribution in [3.05, 3.63) is 53.7 Å². The Morgan fingerprint density at radius 3 is 2.33 bits per heavy atom. The van der Waals surface area contributed by atoms with Crippen LogP contribution in [-0.2, 0) is 4.74 Å². The zero-order valence-corrected chi connectivity index (χ0v) is 16.4. The van der Waals surface area contributed by atoms with Crippen molar-refractivity contribution >= 4 is 17.8 Å². The number of hydrogen-bond donors (Lipinski definition) is 2. The Morgan fingerprint density at radius 1 is 1.07 bits per heavy atom.